The summed E-state index contributed by atoms with van der Waals surface area (Å²) in [6.07, 6.45) is -2.15. The zero-order chi connectivity index (χ0) is 45.0. The monoisotopic (exact) mass is 867 g/mol. The maximum absolute atomic E-state index is 14.0. The minimum atomic E-state index is -5.87. The number of halogens is 5. The molecule has 0 bridgehead atoms. The van der Waals surface area contributed by atoms with E-state index in [2.05, 4.69) is 38.2 Å². The van der Waals surface area contributed by atoms with Crippen molar-refractivity contribution in [2.45, 2.75) is 102 Å². The van der Waals surface area contributed by atoms with E-state index in [1.807, 2.05) is 48.3 Å². The van der Waals surface area contributed by atoms with Crippen LogP contribution in [0.4, 0.5) is 32.4 Å². The fourth-order valence-electron chi connectivity index (χ4n) is 7.88. The summed E-state index contributed by atoms with van der Waals surface area (Å²) in [5.74, 6) is -8.15. The number of imidazole rings is 1. The number of aromatic nitrogens is 2. The maximum Gasteiger partial charge on any atom is 0.461 e. The zero-order valence-corrected chi connectivity index (χ0v) is 35.5. The molecule has 4 aromatic rings. The van der Waals surface area contributed by atoms with Crippen molar-refractivity contribution in [1.29, 1.82) is 0 Å². The quantitative estimate of drug-likeness (QED) is 0.0904. The first-order valence-electron chi connectivity index (χ1n) is 20.9. The topological polar surface area (TPSA) is 158 Å². The smallest absolute Gasteiger partial charge is 0.444 e. The number of aromatic amines is 1. The molecule has 2 fully saturated rings. The van der Waals surface area contributed by atoms with E-state index in [9.17, 15) is 41.1 Å². The Balaban J connectivity index is 1.14. The molecular weight excluding hydrogens is 814 g/mol. The molecule has 1 aromatic heterocycles. The highest BCUT2D eigenvalue weighted by Crippen LogP contribution is 2.43. The number of H-pyrrole nitrogens is 1. The SMILES string of the molecule is Cc1cc(C(=O)NC2CCN(C)CC2)ccc1-c1ccc(CC(NC(=O)C2CCC(CNC(=O)OC(C)(C)C)CC2)C(=O)Nc2ccc3nc(C(F)(F)C(F)(F)F)[nH]c3c2)cc1. The first kappa shape index (κ1) is 45.9. The highest BCUT2D eigenvalue weighted by molar-refractivity contribution is 5.99. The second kappa shape index (κ2) is 18.8. The Morgan fingerprint density at radius 2 is 1.56 bits per heavy atom. The fraction of sp³-hybridized carbons (Fsp3) is 0.489. The van der Waals surface area contributed by atoms with Crippen molar-refractivity contribution in [2.75, 3.05) is 32.0 Å². The average molecular weight is 868 g/mol. The highest BCUT2D eigenvalue weighted by Gasteiger charge is 2.61. The highest BCUT2D eigenvalue weighted by atomic mass is 19.4. The molecule has 12 nitrogen and oxygen atoms in total. The van der Waals surface area contributed by atoms with Gasteiger partial charge in [-0.2, -0.15) is 22.0 Å². The molecule has 2 heterocycles. The number of rotatable bonds is 12. The molecule has 0 radical (unpaired) electrons. The molecule has 1 saturated carbocycles. The molecule has 1 aliphatic heterocycles. The Morgan fingerprint density at radius 1 is 0.887 bits per heavy atom. The molecule has 1 saturated heterocycles. The summed E-state index contributed by atoms with van der Waals surface area (Å²) >= 11 is 0. The molecule has 0 spiro atoms. The second-order valence-electron chi connectivity index (χ2n) is 17.5. The van der Waals surface area contributed by atoms with Gasteiger partial charge in [0.15, 0.2) is 5.82 Å². The van der Waals surface area contributed by atoms with E-state index in [4.69, 9.17) is 4.74 Å². The number of amides is 4. The number of likely N-dealkylation sites (tertiary alicyclic amines) is 1. The van der Waals surface area contributed by atoms with Gasteiger partial charge in [-0.15, -0.1) is 0 Å². The van der Waals surface area contributed by atoms with Gasteiger partial charge in [0.1, 0.15) is 11.6 Å². The summed E-state index contributed by atoms with van der Waals surface area (Å²) in [7, 11) is 2.07. The largest absolute Gasteiger partial charge is 0.461 e. The molecule has 1 atom stereocenters. The van der Waals surface area contributed by atoms with Gasteiger partial charge in [0.2, 0.25) is 11.8 Å². The van der Waals surface area contributed by atoms with E-state index in [1.54, 1.807) is 26.8 Å². The molecule has 334 valence electrons. The molecular formula is C45H54F5N7O5. The number of ether oxygens (including phenoxy) is 1. The van der Waals surface area contributed by atoms with Gasteiger partial charge < -0.3 is 35.9 Å². The number of alkyl halides is 5. The number of hydrogen-bond acceptors (Lipinski definition) is 7. The minimum absolute atomic E-state index is 0.0658. The maximum atomic E-state index is 14.0. The van der Waals surface area contributed by atoms with Crippen LogP contribution in [-0.2, 0) is 26.7 Å². The van der Waals surface area contributed by atoms with Crippen molar-refractivity contribution < 1.29 is 45.9 Å². The summed E-state index contributed by atoms with van der Waals surface area (Å²) in [6, 6.07) is 15.8. The van der Waals surface area contributed by atoms with E-state index >= 15 is 0 Å². The zero-order valence-electron chi connectivity index (χ0n) is 35.5. The molecule has 1 aliphatic carbocycles. The van der Waals surface area contributed by atoms with Crippen LogP contribution in [0.25, 0.3) is 22.2 Å². The first-order valence-corrected chi connectivity index (χ1v) is 20.9. The molecule has 1 unspecified atom stereocenters. The van der Waals surface area contributed by atoms with Crippen LogP contribution in [0.3, 0.4) is 0 Å². The van der Waals surface area contributed by atoms with Crippen LogP contribution in [0.1, 0.15) is 86.6 Å². The van der Waals surface area contributed by atoms with Gasteiger partial charge in [-0.05, 0) is 145 Å². The summed E-state index contributed by atoms with van der Waals surface area (Å²) in [6.45, 7) is 9.52. The van der Waals surface area contributed by atoms with Crippen molar-refractivity contribution in [2.24, 2.45) is 11.8 Å². The van der Waals surface area contributed by atoms with E-state index in [0.29, 0.717) is 43.4 Å². The van der Waals surface area contributed by atoms with Crippen molar-refractivity contribution >= 4 is 40.5 Å². The van der Waals surface area contributed by atoms with Crippen LogP contribution in [0, 0.1) is 18.8 Å². The Morgan fingerprint density at radius 3 is 2.19 bits per heavy atom. The third-order valence-corrected chi connectivity index (χ3v) is 11.4. The van der Waals surface area contributed by atoms with Crippen molar-refractivity contribution in [3.8, 4) is 11.1 Å². The van der Waals surface area contributed by atoms with Crippen LogP contribution >= 0.6 is 0 Å². The predicted octanol–water partition coefficient (Wildman–Crippen LogP) is 8.01. The van der Waals surface area contributed by atoms with Gasteiger partial charge in [-0.3, -0.25) is 14.4 Å². The van der Waals surface area contributed by atoms with E-state index < -0.39 is 47.5 Å². The molecule has 62 heavy (non-hydrogen) atoms. The lowest BCUT2D eigenvalue weighted by atomic mass is 9.81. The second-order valence-corrected chi connectivity index (χ2v) is 17.5. The number of aryl methyl sites for hydroxylation is 1. The van der Waals surface area contributed by atoms with Gasteiger partial charge in [-0.1, -0.05) is 30.3 Å². The predicted molar refractivity (Wildman–Crippen MR) is 225 cm³/mol. The lowest BCUT2D eigenvalue weighted by Crippen LogP contribution is -2.48. The van der Waals surface area contributed by atoms with Gasteiger partial charge in [-0.25, -0.2) is 9.78 Å². The Kier molecular flexibility index (Phi) is 13.9. The van der Waals surface area contributed by atoms with Crippen LogP contribution in [0.2, 0.25) is 0 Å². The number of benzene rings is 3. The number of nitrogens with zero attached hydrogens (tertiary/aromatic N) is 2. The van der Waals surface area contributed by atoms with Crippen LogP contribution < -0.4 is 21.3 Å². The van der Waals surface area contributed by atoms with Crippen LogP contribution in [0.5, 0.6) is 0 Å². The first-order chi connectivity index (χ1) is 29.1. The molecule has 17 heteroatoms. The number of carbonyl (C=O) groups is 4. The molecule has 2 aliphatic rings. The lowest BCUT2D eigenvalue weighted by Gasteiger charge is -2.29. The van der Waals surface area contributed by atoms with E-state index in [1.165, 1.54) is 18.2 Å². The number of carbonyl (C=O) groups excluding carboxylic acids is 4. The number of nitrogens with one attached hydrogen (secondary N) is 5. The van der Waals surface area contributed by atoms with Crippen molar-refractivity contribution in [3.63, 3.8) is 0 Å². The van der Waals surface area contributed by atoms with E-state index in [0.717, 1.165) is 42.6 Å². The van der Waals surface area contributed by atoms with Gasteiger partial charge in [0.05, 0.1) is 11.0 Å². The number of alkyl carbamates (subject to hydrolysis) is 1. The normalized spacial score (nSPS) is 18.5. The summed E-state index contributed by atoms with van der Waals surface area (Å²) in [5, 5.41) is 11.5. The molecule has 5 N–H and O–H groups in total. The summed E-state index contributed by atoms with van der Waals surface area (Å²) in [4.78, 5) is 60.5. The Hall–Kier alpha value is -5.58. The summed E-state index contributed by atoms with van der Waals surface area (Å²) < 4.78 is 72.5. The van der Waals surface area contributed by atoms with Crippen molar-refractivity contribution in [1.82, 2.24) is 30.8 Å². The lowest BCUT2D eigenvalue weighted by molar-refractivity contribution is -0.292. The number of fused-ring (bicyclic) bond motifs is 1. The minimum Gasteiger partial charge on any atom is -0.444 e. The van der Waals surface area contributed by atoms with Crippen LogP contribution in [-0.4, -0.2) is 89.2 Å². The van der Waals surface area contributed by atoms with Crippen molar-refractivity contribution in [3.05, 3.63) is 83.2 Å². The fourth-order valence-corrected chi connectivity index (χ4v) is 7.88. The van der Waals surface area contributed by atoms with Crippen LogP contribution in [0.15, 0.2) is 60.7 Å². The number of hydrogen-bond donors (Lipinski definition) is 5. The molecule has 3 aromatic carbocycles. The Bertz CT molecular complexity index is 2240. The number of anilines is 1. The van der Waals surface area contributed by atoms with Gasteiger partial charge in [0.25, 0.3) is 5.91 Å². The van der Waals surface area contributed by atoms with Gasteiger partial charge >= 0.3 is 18.2 Å². The summed E-state index contributed by atoms with van der Waals surface area (Å²) in [5.41, 5.74) is 3.10. The average Bonchev–Trinajstić information content (AvgIpc) is 3.65. The van der Waals surface area contributed by atoms with Gasteiger partial charge in [0, 0.05) is 36.2 Å². The Labute approximate surface area is 357 Å². The third kappa shape index (κ3) is 11.7. The van der Waals surface area contributed by atoms with E-state index in [-0.39, 0.29) is 46.9 Å². The number of piperidine rings is 1. The molecule has 6 rings (SSSR count). The third-order valence-electron chi connectivity index (χ3n) is 11.4. The molecule has 4 amide bonds. The standard InChI is InChI=1S/C45H54F5N7O5/c1-26-22-31(39(59)52-32-18-20-57(5)21-19-32)14-16-34(26)29-10-6-27(7-11-29)23-37(54-38(58)30-12-8-28(9-13-30)25-51-42(61)62-43(2,3)4)40(60)53-33-15-17-35-36(24-33)56-41(55-35)44(46,47)45(48,49)50/h6-7,10-11,14-17,22,24,28,30,32,37H,8-9,12-13,18-21,23,25H2,1-5H3,(H,51,61)(H,52,59)(H,53,60)(H,54,58)(H,55,56).